The lowest BCUT2D eigenvalue weighted by molar-refractivity contribution is -0.116. The van der Waals surface area contributed by atoms with Crippen LogP contribution in [0.25, 0.3) is 0 Å². The van der Waals surface area contributed by atoms with Gasteiger partial charge in [0.2, 0.25) is 5.91 Å². The van der Waals surface area contributed by atoms with Gasteiger partial charge in [0.1, 0.15) is 0 Å². The van der Waals surface area contributed by atoms with Crippen molar-refractivity contribution in [3.8, 4) is 0 Å². The monoisotopic (exact) mass is 417 g/mol. The Labute approximate surface area is 170 Å². The molecule has 0 aliphatic carbocycles. The molecular weight excluding hydrogens is 394 g/mol. The summed E-state index contributed by atoms with van der Waals surface area (Å²) in [6.07, 6.45) is 0.623. The molecule has 0 bridgehead atoms. The molecule has 1 amide bonds. The van der Waals surface area contributed by atoms with E-state index in [1.807, 2.05) is 30.3 Å². The Bertz CT molecular complexity index is 979. The Morgan fingerprint density at radius 3 is 2.38 bits per heavy atom. The van der Waals surface area contributed by atoms with E-state index in [0.29, 0.717) is 13.0 Å². The SMILES string of the molecule is COC(=O)c1ccccc1NC(=O)CN1CCCN(Cc2ccccc2)S1(=O)=O. The summed E-state index contributed by atoms with van der Waals surface area (Å²) in [7, 11) is -2.51. The van der Waals surface area contributed by atoms with Crippen LogP contribution in [0.4, 0.5) is 5.69 Å². The van der Waals surface area contributed by atoms with Gasteiger partial charge in [-0.05, 0) is 24.1 Å². The van der Waals surface area contributed by atoms with Gasteiger partial charge in [0.05, 0.1) is 24.9 Å². The van der Waals surface area contributed by atoms with Crippen molar-refractivity contribution >= 4 is 27.8 Å². The summed E-state index contributed by atoms with van der Waals surface area (Å²) >= 11 is 0. The molecule has 1 saturated heterocycles. The number of hydrogen-bond donors (Lipinski definition) is 1. The lowest BCUT2D eigenvalue weighted by atomic mass is 10.2. The van der Waals surface area contributed by atoms with Crippen LogP contribution in [0, 0.1) is 0 Å². The fourth-order valence-electron chi connectivity index (χ4n) is 3.16. The first-order chi connectivity index (χ1) is 13.9. The van der Waals surface area contributed by atoms with E-state index in [9.17, 15) is 18.0 Å². The average molecular weight is 417 g/mol. The van der Waals surface area contributed by atoms with E-state index in [4.69, 9.17) is 4.74 Å². The van der Waals surface area contributed by atoms with E-state index in [2.05, 4.69) is 5.32 Å². The summed E-state index contributed by atoms with van der Waals surface area (Å²) in [4.78, 5) is 24.3. The van der Waals surface area contributed by atoms with E-state index < -0.39 is 22.1 Å². The molecule has 29 heavy (non-hydrogen) atoms. The third kappa shape index (κ3) is 5.00. The van der Waals surface area contributed by atoms with Gasteiger partial charge in [-0.15, -0.1) is 0 Å². The Morgan fingerprint density at radius 2 is 1.66 bits per heavy atom. The van der Waals surface area contributed by atoms with Crippen molar-refractivity contribution in [3.05, 3.63) is 65.7 Å². The van der Waals surface area contributed by atoms with Crippen LogP contribution >= 0.6 is 0 Å². The van der Waals surface area contributed by atoms with Gasteiger partial charge in [0.25, 0.3) is 10.2 Å². The van der Waals surface area contributed by atoms with Crippen LogP contribution in [-0.4, -0.2) is 55.6 Å². The molecule has 1 N–H and O–H groups in total. The number of esters is 1. The first-order valence-corrected chi connectivity index (χ1v) is 10.6. The molecule has 0 saturated carbocycles. The molecule has 0 aromatic heterocycles. The van der Waals surface area contributed by atoms with E-state index in [1.165, 1.54) is 17.5 Å². The minimum absolute atomic E-state index is 0.204. The van der Waals surface area contributed by atoms with Crippen LogP contribution < -0.4 is 5.32 Å². The number of ether oxygens (including phenoxy) is 1. The van der Waals surface area contributed by atoms with Crippen molar-refractivity contribution in [2.24, 2.45) is 0 Å². The Kier molecular flexibility index (Phi) is 6.63. The molecule has 0 unspecified atom stereocenters. The van der Waals surface area contributed by atoms with Gasteiger partial charge < -0.3 is 10.1 Å². The maximum Gasteiger partial charge on any atom is 0.339 e. The molecule has 1 fully saturated rings. The zero-order chi connectivity index (χ0) is 20.9. The van der Waals surface area contributed by atoms with E-state index >= 15 is 0 Å². The quantitative estimate of drug-likeness (QED) is 0.724. The first kappa shape index (κ1) is 21.0. The fourth-order valence-corrected chi connectivity index (χ4v) is 4.79. The predicted molar refractivity (Wildman–Crippen MR) is 108 cm³/mol. The van der Waals surface area contributed by atoms with E-state index in [-0.39, 0.29) is 30.9 Å². The van der Waals surface area contributed by atoms with Gasteiger partial charge in [0.15, 0.2) is 0 Å². The van der Waals surface area contributed by atoms with Crippen molar-refractivity contribution < 1.29 is 22.7 Å². The minimum Gasteiger partial charge on any atom is -0.465 e. The van der Waals surface area contributed by atoms with Crippen LogP contribution in [0.3, 0.4) is 0 Å². The molecule has 1 heterocycles. The Hall–Kier alpha value is -2.75. The number of nitrogens with zero attached hydrogens (tertiary/aromatic N) is 2. The molecule has 154 valence electrons. The molecule has 9 heteroatoms. The number of hydrogen-bond acceptors (Lipinski definition) is 5. The lowest BCUT2D eigenvalue weighted by Gasteiger charge is -2.34. The van der Waals surface area contributed by atoms with E-state index in [0.717, 1.165) is 9.87 Å². The smallest absolute Gasteiger partial charge is 0.339 e. The molecule has 3 rings (SSSR count). The van der Waals surface area contributed by atoms with Gasteiger partial charge in [-0.25, -0.2) is 4.79 Å². The van der Waals surface area contributed by atoms with E-state index in [1.54, 1.807) is 18.2 Å². The number of carbonyl (C=O) groups is 2. The highest BCUT2D eigenvalue weighted by atomic mass is 32.2. The van der Waals surface area contributed by atoms with Crippen molar-refractivity contribution in [1.82, 2.24) is 8.61 Å². The average Bonchev–Trinajstić information content (AvgIpc) is 2.72. The summed E-state index contributed by atoms with van der Waals surface area (Å²) in [6, 6.07) is 15.7. The Morgan fingerprint density at radius 1 is 1.00 bits per heavy atom. The molecule has 1 aliphatic heterocycles. The van der Waals surface area contributed by atoms with Gasteiger partial charge in [-0.3, -0.25) is 4.79 Å². The lowest BCUT2D eigenvalue weighted by Crippen LogP contribution is -2.51. The Balaban J connectivity index is 1.69. The third-order valence-electron chi connectivity index (χ3n) is 4.60. The molecule has 0 spiro atoms. The normalized spacial score (nSPS) is 16.9. The summed E-state index contributed by atoms with van der Waals surface area (Å²) in [5.74, 6) is -1.10. The van der Waals surface area contributed by atoms with Gasteiger partial charge in [0, 0.05) is 19.6 Å². The van der Waals surface area contributed by atoms with Crippen molar-refractivity contribution in [2.75, 3.05) is 32.1 Å². The predicted octanol–water partition coefficient (Wildman–Crippen LogP) is 1.86. The number of rotatable bonds is 6. The number of amides is 1. The topological polar surface area (TPSA) is 96.0 Å². The largest absolute Gasteiger partial charge is 0.465 e. The molecule has 1 aliphatic rings. The molecule has 2 aromatic carbocycles. The minimum atomic E-state index is -3.77. The summed E-state index contributed by atoms with van der Waals surface area (Å²) < 4.78 is 33.1. The number of benzene rings is 2. The second-order valence-corrected chi connectivity index (χ2v) is 8.53. The van der Waals surface area contributed by atoms with Crippen LogP contribution in [-0.2, 0) is 26.3 Å². The molecular formula is C20H23N3O5S. The second-order valence-electron chi connectivity index (χ2n) is 6.60. The third-order valence-corrected chi connectivity index (χ3v) is 6.52. The maximum atomic E-state index is 12.9. The van der Waals surface area contributed by atoms with Gasteiger partial charge >= 0.3 is 5.97 Å². The van der Waals surface area contributed by atoms with Crippen LogP contribution in [0.15, 0.2) is 54.6 Å². The highest BCUT2D eigenvalue weighted by Crippen LogP contribution is 2.20. The molecule has 0 radical (unpaired) electrons. The van der Waals surface area contributed by atoms with Gasteiger partial charge in [-0.1, -0.05) is 42.5 Å². The van der Waals surface area contributed by atoms with Crippen LogP contribution in [0.2, 0.25) is 0 Å². The molecule has 2 aromatic rings. The highest BCUT2D eigenvalue weighted by molar-refractivity contribution is 7.86. The van der Waals surface area contributed by atoms with Crippen molar-refractivity contribution in [3.63, 3.8) is 0 Å². The number of nitrogens with one attached hydrogen (secondary N) is 1. The molecule has 8 nitrogen and oxygen atoms in total. The summed E-state index contributed by atoms with van der Waals surface area (Å²) in [6.45, 7) is 0.593. The molecule has 0 atom stereocenters. The number of para-hydroxylation sites is 1. The fraction of sp³-hybridized carbons (Fsp3) is 0.300. The van der Waals surface area contributed by atoms with Crippen molar-refractivity contribution in [1.29, 1.82) is 0 Å². The van der Waals surface area contributed by atoms with Crippen molar-refractivity contribution in [2.45, 2.75) is 13.0 Å². The standard InChI is InChI=1S/C20H23N3O5S/c1-28-20(25)17-10-5-6-11-18(17)21-19(24)15-23-13-7-12-22(29(23,26)27)14-16-8-3-2-4-9-16/h2-6,8-11H,7,12-15H2,1H3,(H,21,24). The number of anilines is 1. The summed E-state index contributed by atoms with van der Waals surface area (Å²) in [5, 5.41) is 2.61. The van der Waals surface area contributed by atoms with Crippen LogP contribution in [0.1, 0.15) is 22.3 Å². The maximum absolute atomic E-state index is 12.9. The van der Waals surface area contributed by atoms with Gasteiger partial charge in [-0.2, -0.15) is 17.0 Å². The van der Waals surface area contributed by atoms with Crippen LogP contribution in [0.5, 0.6) is 0 Å². The highest BCUT2D eigenvalue weighted by Gasteiger charge is 2.34. The number of methoxy groups -OCH3 is 1. The summed E-state index contributed by atoms with van der Waals surface area (Å²) in [5.41, 5.74) is 1.37. The zero-order valence-electron chi connectivity index (χ0n) is 16.1. The second kappa shape index (κ2) is 9.17. The zero-order valence-corrected chi connectivity index (χ0v) is 16.9. The number of carbonyl (C=O) groups excluding carboxylic acids is 2. The first-order valence-electron chi connectivity index (χ1n) is 9.18.